The van der Waals surface area contributed by atoms with E-state index in [2.05, 4.69) is 34.2 Å². The Hall–Kier alpha value is -2.45. The number of nitrogens with one attached hydrogen (secondary N) is 2. The van der Waals surface area contributed by atoms with Gasteiger partial charge in [-0.1, -0.05) is 0 Å². The lowest BCUT2D eigenvalue weighted by molar-refractivity contribution is -0.0311. The molecule has 3 aromatic heterocycles. The Bertz CT molecular complexity index is 994. The number of aliphatic hydroxyl groups is 1. The van der Waals surface area contributed by atoms with Crippen LogP contribution in [0.25, 0.3) is 22.2 Å². The third kappa shape index (κ3) is 3.62. The van der Waals surface area contributed by atoms with Gasteiger partial charge in [0.15, 0.2) is 0 Å². The molecule has 1 unspecified atom stereocenters. The lowest BCUT2D eigenvalue weighted by Gasteiger charge is -2.36. The fourth-order valence-corrected chi connectivity index (χ4v) is 4.21. The minimum Gasteiger partial charge on any atom is -0.382 e. The number of aromatic nitrogens is 4. The van der Waals surface area contributed by atoms with Crippen LogP contribution in [0, 0.1) is 6.92 Å². The van der Waals surface area contributed by atoms with E-state index < -0.39 is 12.4 Å². The number of aromatic amines is 1. The molecule has 1 aliphatic heterocycles. The van der Waals surface area contributed by atoms with Gasteiger partial charge in [-0.25, -0.2) is 9.37 Å². The molecule has 4 rings (SSSR count). The smallest absolute Gasteiger partial charge is 0.139 e. The molecule has 29 heavy (non-hydrogen) atoms. The molecule has 0 radical (unpaired) electrons. The fraction of sp³-hybridized carbons (Fsp3) is 0.524. The first-order chi connectivity index (χ1) is 13.9. The van der Waals surface area contributed by atoms with Crippen LogP contribution in [0.2, 0.25) is 0 Å². The normalized spacial score (nSPS) is 21.8. The van der Waals surface area contributed by atoms with Crippen LogP contribution in [0.15, 0.2) is 24.7 Å². The highest BCUT2D eigenvalue weighted by molar-refractivity contribution is 5.98. The molecule has 3 N–H and O–H groups in total. The lowest BCUT2D eigenvalue weighted by Crippen LogP contribution is -2.46. The molecule has 3 atom stereocenters. The van der Waals surface area contributed by atoms with Crippen molar-refractivity contribution in [1.82, 2.24) is 24.6 Å². The van der Waals surface area contributed by atoms with E-state index in [1.54, 1.807) is 16.5 Å². The van der Waals surface area contributed by atoms with E-state index in [4.69, 9.17) is 0 Å². The molecule has 0 aromatic carbocycles. The van der Waals surface area contributed by atoms with Crippen molar-refractivity contribution in [3.8, 4) is 11.1 Å². The zero-order valence-corrected chi connectivity index (χ0v) is 17.4. The van der Waals surface area contributed by atoms with Crippen molar-refractivity contribution in [2.45, 2.75) is 58.6 Å². The second-order valence-electron chi connectivity index (χ2n) is 8.17. The molecule has 7 nitrogen and oxygen atoms in total. The monoisotopic (exact) mass is 400 g/mol. The number of rotatable bonds is 5. The molecule has 1 saturated heterocycles. The minimum atomic E-state index is -1.08. The zero-order chi connectivity index (χ0) is 20.7. The number of aliphatic hydroxyl groups excluding tert-OH is 1. The van der Waals surface area contributed by atoms with Crippen molar-refractivity contribution in [2.75, 3.05) is 18.4 Å². The Labute approximate surface area is 169 Å². The van der Waals surface area contributed by atoms with Crippen molar-refractivity contribution >= 4 is 16.7 Å². The highest BCUT2D eigenvalue weighted by atomic mass is 19.1. The Kier molecular flexibility index (Phi) is 5.31. The summed E-state index contributed by atoms with van der Waals surface area (Å²) in [6.45, 7) is 8.72. The lowest BCUT2D eigenvalue weighted by atomic mass is 10.0. The Morgan fingerprint density at radius 1 is 1.28 bits per heavy atom. The average Bonchev–Trinajstić information content (AvgIpc) is 3.29. The van der Waals surface area contributed by atoms with Crippen molar-refractivity contribution in [3.63, 3.8) is 0 Å². The highest BCUT2D eigenvalue weighted by Gasteiger charge is 2.33. The predicted octanol–water partition coefficient (Wildman–Crippen LogP) is 3.48. The van der Waals surface area contributed by atoms with E-state index in [1.807, 2.05) is 31.6 Å². The molecule has 0 aliphatic carbocycles. The van der Waals surface area contributed by atoms with Crippen LogP contribution in [0.4, 0.5) is 10.1 Å². The zero-order valence-electron chi connectivity index (χ0n) is 17.4. The van der Waals surface area contributed by atoms with Crippen LogP contribution < -0.4 is 5.32 Å². The van der Waals surface area contributed by atoms with Gasteiger partial charge in [-0.05, 0) is 40.2 Å². The van der Waals surface area contributed by atoms with E-state index in [0.29, 0.717) is 13.0 Å². The topological polar surface area (TPSA) is 82.0 Å². The van der Waals surface area contributed by atoms with Gasteiger partial charge in [-0.2, -0.15) is 5.10 Å². The summed E-state index contributed by atoms with van der Waals surface area (Å²) in [5.74, 6) is 0. The molecule has 0 amide bonds. The largest absolute Gasteiger partial charge is 0.382 e. The quantitative estimate of drug-likeness (QED) is 0.611. The van der Waals surface area contributed by atoms with Crippen molar-refractivity contribution < 1.29 is 9.50 Å². The maximum Gasteiger partial charge on any atom is 0.139 e. The number of pyridine rings is 1. The first-order valence-corrected chi connectivity index (χ1v) is 10.2. The number of hydrogen-bond donors (Lipinski definition) is 3. The maximum atomic E-state index is 14.9. The third-order valence-electron chi connectivity index (χ3n) is 5.74. The molecule has 8 heteroatoms. The Balaban J connectivity index is 1.71. The minimum absolute atomic E-state index is 0.216. The van der Waals surface area contributed by atoms with E-state index in [0.717, 1.165) is 33.5 Å². The van der Waals surface area contributed by atoms with Gasteiger partial charge in [0.2, 0.25) is 0 Å². The van der Waals surface area contributed by atoms with E-state index in [1.165, 1.54) is 0 Å². The number of halogens is 1. The molecular weight excluding hydrogens is 371 g/mol. The van der Waals surface area contributed by atoms with Gasteiger partial charge in [0.1, 0.15) is 18.0 Å². The van der Waals surface area contributed by atoms with Crippen LogP contribution in [-0.2, 0) is 0 Å². The molecule has 1 aliphatic rings. The molecule has 0 saturated carbocycles. The SMILES string of the molecule is Cc1c(-c2cnc3[nH]ccc3c2NC(C)C)cnn1[C@H]1CCN(C(C)O)C[C@@H]1F. The summed E-state index contributed by atoms with van der Waals surface area (Å²) < 4.78 is 16.7. The number of H-pyrrole nitrogens is 1. The summed E-state index contributed by atoms with van der Waals surface area (Å²) in [5.41, 5.74) is 4.68. The molecule has 4 heterocycles. The highest BCUT2D eigenvalue weighted by Crippen LogP contribution is 2.37. The summed E-state index contributed by atoms with van der Waals surface area (Å²) in [7, 11) is 0. The molecule has 0 spiro atoms. The second kappa shape index (κ2) is 7.76. The van der Waals surface area contributed by atoms with E-state index in [-0.39, 0.29) is 18.6 Å². The molecule has 0 bridgehead atoms. The van der Waals surface area contributed by atoms with Crippen LogP contribution in [0.3, 0.4) is 0 Å². The van der Waals surface area contributed by atoms with Crippen LogP contribution in [-0.4, -0.2) is 61.3 Å². The fourth-order valence-electron chi connectivity index (χ4n) is 4.21. The maximum absolute atomic E-state index is 14.9. The number of piperidine rings is 1. The van der Waals surface area contributed by atoms with Gasteiger partial charge in [0.25, 0.3) is 0 Å². The van der Waals surface area contributed by atoms with Crippen molar-refractivity contribution in [2.24, 2.45) is 0 Å². The van der Waals surface area contributed by atoms with Gasteiger partial charge in [0.05, 0.1) is 17.9 Å². The number of anilines is 1. The summed E-state index contributed by atoms with van der Waals surface area (Å²) in [6.07, 6.45) is 4.44. The number of hydrogen-bond acceptors (Lipinski definition) is 5. The number of likely N-dealkylation sites (tertiary alicyclic amines) is 1. The van der Waals surface area contributed by atoms with Crippen LogP contribution in [0.1, 0.15) is 38.9 Å². The van der Waals surface area contributed by atoms with E-state index >= 15 is 0 Å². The summed E-state index contributed by atoms with van der Waals surface area (Å²) in [5, 5.41) is 18.9. The molecule has 1 fully saturated rings. The van der Waals surface area contributed by atoms with Gasteiger partial charge in [-0.15, -0.1) is 0 Å². The first kappa shape index (κ1) is 19.8. The van der Waals surface area contributed by atoms with E-state index in [9.17, 15) is 9.50 Å². The predicted molar refractivity (Wildman–Crippen MR) is 113 cm³/mol. The summed E-state index contributed by atoms with van der Waals surface area (Å²) in [4.78, 5) is 9.47. The number of fused-ring (bicyclic) bond motifs is 1. The number of alkyl halides is 1. The van der Waals surface area contributed by atoms with Crippen LogP contribution in [0.5, 0.6) is 0 Å². The standard InChI is InChI=1S/C21H29FN6O/c1-12(2)26-20-15-5-7-23-21(15)24-9-17(20)16-10-25-28(13(16)3)19-6-8-27(14(4)29)11-18(19)22/h5,7,9-10,12,14,18-19,29H,6,8,11H2,1-4H3,(H2,23,24,26)/t14?,18-,19-/m0/s1. The van der Waals surface area contributed by atoms with Crippen LogP contribution >= 0.6 is 0 Å². The van der Waals surface area contributed by atoms with Gasteiger partial charge >= 0.3 is 0 Å². The molecule has 3 aromatic rings. The van der Waals surface area contributed by atoms with Crippen molar-refractivity contribution in [1.29, 1.82) is 0 Å². The number of nitrogens with zero attached hydrogens (tertiary/aromatic N) is 4. The second-order valence-corrected chi connectivity index (χ2v) is 8.17. The Morgan fingerprint density at radius 3 is 2.76 bits per heavy atom. The third-order valence-corrected chi connectivity index (χ3v) is 5.74. The average molecular weight is 401 g/mol. The Morgan fingerprint density at radius 2 is 2.07 bits per heavy atom. The van der Waals surface area contributed by atoms with Gasteiger partial charge < -0.3 is 15.4 Å². The summed E-state index contributed by atoms with van der Waals surface area (Å²) in [6, 6.07) is 1.94. The van der Waals surface area contributed by atoms with Gasteiger partial charge in [0, 0.05) is 53.7 Å². The summed E-state index contributed by atoms with van der Waals surface area (Å²) >= 11 is 0. The van der Waals surface area contributed by atoms with Gasteiger partial charge in [-0.3, -0.25) is 9.58 Å². The molecular formula is C21H29FN6O. The van der Waals surface area contributed by atoms with Crippen molar-refractivity contribution in [3.05, 3.63) is 30.4 Å². The molecule has 156 valence electrons. The first-order valence-electron chi connectivity index (χ1n) is 10.2.